The molecule has 0 spiro atoms. The second kappa shape index (κ2) is 4.83. The third-order valence-corrected chi connectivity index (χ3v) is 3.08. The molecule has 0 atom stereocenters. The monoisotopic (exact) mass is 258 g/mol. The maximum Gasteiger partial charge on any atom is 0.161 e. The number of rotatable bonds is 2. The number of aromatic hydroxyl groups is 1. The minimum absolute atomic E-state index is 0.215. The van der Waals surface area contributed by atoms with Crippen LogP contribution in [0.3, 0.4) is 0 Å². The van der Waals surface area contributed by atoms with Crippen molar-refractivity contribution in [2.45, 2.75) is 13.0 Å². The van der Waals surface area contributed by atoms with E-state index in [2.05, 4.69) is 15.4 Å². The molecule has 3 rings (SSSR count). The molecule has 0 aliphatic carbocycles. The zero-order chi connectivity index (χ0) is 13.2. The van der Waals surface area contributed by atoms with Gasteiger partial charge in [0.25, 0.3) is 0 Å². The van der Waals surface area contributed by atoms with Crippen molar-refractivity contribution in [1.29, 1.82) is 0 Å². The summed E-state index contributed by atoms with van der Waals surface area (Å²) in [6.07, 6.45) is 0.748. The van der Waals surface area contributed by atoms with E-state index in [4.69, 9.17) is 10.6 Å². The minimum Gasteiger partial charge on any atom is -0.508 e. The molecule has 2 heterocycles. The first-order chi connectivity index (χ1) is 9.28. The molecular weight excluding hydrogens is 244 g/mol. The van der Waals surface area contributed by atoms with Gasteiger partial charge >= 0.3 is 0 Å². The molecule has 0 saturated carbocycles. The molecule has 2 aromatic rings. The zero-order valence-electron chi connectivity index (χ0n) is 10.3. The lowest BCUT2D eigenvalue weighted by Gasteiger charge is -2.19. The van der Waals surface area contributed by atoms with E-state index >= 15 is 0 Å². The molecule has 6 nitrogen and oxygen atoms in total. The Morgan fingerprint density at radius 1 is 1.21 bits per heavy atom. The van der Waals surface area contributed by atoms with E-state index in [1.165, 1.54) is 0 Å². The molecule has 98 valence electrons. The SMILES string of the molecule is NNc1nc(-c2ccc(O)cc2)nc2c1COCC2. The molecule has 19 heavy (non-hydrogen) atoms. The van der Waals surface area contributed by atoms with Crippen molar-refractivity contribution in [3.8, 4) is 17.1 Å². The fraction of sp³-hybridized carbons (Fsp3) is 0.231. The summed E-state index contributed by atoms with van der Waals surface area (Å²) in [5.74, 6) is 6.91. The van der Waals surface area contributed by atoms with E-state index in [1.54, 1.807) is 24.3 Å². The Balaban J connectivity index is 2.09. The molecule has 1 aromatic carbocycles. The van der Waals surface area contributed by atoms with E-state index in [1.807, 2.05) is 0 Å². The van der Waals surface area contributed by atoms with Gasteiger partial charge in [0, 0.05) is 17.5 Å². The van der Waals surface area contributed by atoms with Crippen LogP contribution in [0.1, 0.15) is 11.3 Å². The smallest absolute Gasteiger partial charge is 0.161 e. The van der Waals surface area contributed by atoms with Gasteiger partial charge in [-0.25, -0.2) is 15.8 Å². The number of fused-ring (bicyclic) bond motifs is 1. The van der Waals surface area contributed by atoms with Crippen LogP contribution in [0.2, 0.25) is 0 Å². The molecular formula is C13H14N4O2. The fourth-order valence-corrected chi connectivity index (χ4v) is 2.09. The fourth-order valence-electron chi connectivity index (χ4n) is 2.09. The number of aromatic nitrogens is 2. The number of anilines is 1. The number of hydrazine groups is 1. The van der Waals surface area contributed by atoms with Gasteiger partial charge in [-0.2, -0.15) is 0 Å². The highest BCUT2D eigenvalue weighted by Crippen LogP contribution is 2.26. The van der Waals surface area contributed by atoms with Gasteiger partial charge in [-0.15, -0.1) is 0 Å². The van der Waals surface area contributed by atoms with Gasteiger partial charge in [0.05, 0.1) is 18.9 Å². The van der Waals surface area contributed by atoms with Crippen LogP contribution in [0.15, 0.2) is 24.3 Å². The van der Waals surface area contributed by atoms with E-state index in [0.717, 1.165) is 23.2 Å². The topological polar surface area (TPSA) is 93.3 Å². The van der Waals surface area contributed by atoms with Gasteiger partial charge in [-0.3, -0.25) is 0 Å². The Hall–Kier alpha value is -2.18. The Kier molecular flexibility index (Phi) is 3.02. The van der Waals surface area contributed by atoms with Crippen molar-refractivity contribution in [2.75, 3.05) is 12.0 Å². The van der Waals surface area contributed by atoms with Crippen LogP contribution in [0.5, 0.6) is 5.75 Å². The van der Waals surface area contributed by atoms with E-state index in [-0.39, 0.29) is 5.75 Å². The number of nitrogens with two attached hydrogens (primary N) is 1. The average molecular weight is 258 g/mol. The third kappa shape index (κ3) is 2.23. The number of nitrogen functional groups attached to an aromatic ring is 1. The van der Waals surface area contributed by atoms with Crippen molar-refractivity contribution in [1.82, 2.24) is 9.97 Å². The number of phenols is 1. The summed E-state index contributed by atoms with van der Waals surface area (Å²) < 4.78 is 5.39. The van der Waals surface area contributed by atoms with Crippen LogP contribution in [0.4, 0.5) is 5.82 Å². The normalized spacial score (nSPS) is 13.9. The largest absolute Gasteiger partial charge is 0.508 e. The van der Waals surface area contributed by atoms with Gasteiger partial charge in [-0.05, 0) is 24.3 Å². The summed E-state index contributed by atoms with van der Waals surface area (Å²) in [7, 11) is 0. The molecule has 0 bridgehead atoms. The average Bonchev–Trinajstić information content (AvgIpc) is 2.47. The molecule has 1 aliphatic heterocycles. The summed E-state index contributed by atoms with van der Waals surface area (Å²) in [4.78, 5) is 8.95. The van der Waals surface area contributed by atoms with Gasteiger partial charge < -0.3 is 15.3 Å². The van der Waals surface area contributed by atoms with E-state index < -0.39 is 0 Å². The van der Waals surface area contributed by atoms with Crippen molar-refractivity contribution < 1.29 is 9.84 Å². The Morgan fingerprint density at radius 2 is 2.00 bits per heavy atom. The number of hydrogen-bond acceptors (Lipinski definition) is 6. The number of benzene rings is 1. The predicted octanol–water partition coefficient (Wildman–Crippen LogP) is 1.21. The van der Waals surface area contributed by atoms with Gasteiger partial charge in [-0.1, -0.05) is 0 Å². The molecule has 0 amide bonds. The minimum atomic E-state index is 0.215. The highest BCUT2D eigenvalue weighted by Gasteiger charge is 2.18. The lowest BCUT2D eigenvalue weighted by molar-refractivity contribution is 0.109. The number of nitrogens with zero attached hydrogens (tertiary/aromatic N) is 2. The Morgan fingerprint density at radius 3 is 2.74 bits per heavy atom. The lowest BCUT2D eigenvalue weighted by Crippen LogP contribution is -2.19. The van der Waals surface area contributed by atoms with E-state index in [0.29, 0.717) is 24.9 Å². The molecule has 4 N–H and O–H groups in total. The van der Waals surface area contributed by atoms with Crippen LogP contribution in [-0.4, -0.2) is 21.7 Å². The van der Waals surface area contributed by atoms with E-state index in [9.17, 15) is 5.11 Å². The number of ether oxygens (including phenoxy) is 1. The van der Waals surface area contributed by atoms with Crippen LogP contribution in [0.25, 0.3) is 11.4 Å². The maximum absolute atomic E-state index is 9.31. The highest BCUT2D eigenvalue weighted by atomic mass is 16.5. The summed E-state index contributed by atoms with van der Waals surface area (Å²) in [6.45, 7) is 1.13. The Bertz CT molecular complexity index is 581. The summed E-state index contributed by atoms with van der Waals surface area (Å²) in [5.41, 5.74) is 5.30. The van der Waals surface area contributed by atoms with Gasteiger partial charge in [0.15, 0.2) is 5.82 Å². The molecule has 0 fully saturated rings. The molecule has 0 saturated heterocycles. The van der Waals surface area contributed by atoms with Crippen LogP contribution in [0, 0.1) is 0 Å². The summed E-state index contributed by atoms with van der Waals surface area (Å²) in [6, 6.07) is 6.76. The van der Waals surface area contributed by atoms with Crippen molar-refractivity contribution in [3.63, 3.8) is 0 Å². The zero-order valence-corrected chi connectivity index (χ0v) is 10.3. The second-order valence-electron chi connectivity index (χ2n) is 4.31. The molecule has 0 unspecified atom stereocenters. The number of phenolic OH excluding ortho intramolecular Hbond substituents is 1. The van der Waals surface area contributed by atoms with Crippen LogP contribution in [-0.2, 0) is 17.8 Å². The molecule has 1 aliphatic rings. The van der Waals surface area contributed by atoms with Crippen LogP contribution < -0.4 is 11.3 Å². The van der Waals surface area contributed by atoms with Gasteiger partial charge in [0.1, 0.15) is 11.6 Å². The lowest BCUT2D eigenvalue weighted by atomic mass is 10.1. The number of hydrogen-bond donors (Lipinski definition) is 3. The summed E-state index contributed by atoms with van der Waals surface area (Å²) >= 11 is 0. The second-order valence-corrected chi connectivity index (χ2v) is 4.31. The van der Waals surface area contributed by atoms with Crippen LogP contribution >= 0.6 is 0 Å². The third-order valence-electron chi connectivity index (χ3n) is 3.08. The molecule has 1 aromatic heterocycles. The summed E-state index contributed by atoms with van der Waals surface area (Å²) in [5, 5.41) is 9.31. The van der Waals surface area contributed by atoms with Crippen molar-refractivity contribution in [3.05, 3.63) is 35.5 Å². The standard InChI is InChI=1S/C13H14N4O2/c14-17-13-10-7-19-6-5-11(10)15-12(16-13)8-1-3-9(18)4-2-8/h1-4,18H,5-7,14H2,(H,15,16,17). The van der Waals surface area contributed by atoms with Crippen molar-refractivity contribution in [2.24, 2.45) is 5.84 Å². The first-order valence-electron chi connectivity index (χ1n) is 6.01. The van der Waals surface area contributed by atoms with Gasteiger partial charge in [0.2, 0.25) is 0 Å². The number of nitrogens with one attached hydrogen (secondary N) is 1. The first-order valence-corrected chi connectivity index (χ1v) is 6.01. The molecule has 6 heteroatoms. The van der Waals surface area contributed by atoms with Crippen molar-refractivity contribution >= 4 is 5.82 Å². The quantitative estimate of drug-likeness (QED) is 0.553. The Labute approximate surface area is 110 Å². The first kappa shape index (κ1) is 11.9. The maximum atomic E-state index is 9.31. The molecule has 0 radical (unpaired) electrons. The predicted molar refractivity (Wildman–Crippen MR) is 70.3 cm³/mol. The highest BCUT2D eigenvalue weighted by molar-refractivity contribution is 5.60.